The Morgan fingerprint density at radius 1 is 1.14 bits per heavy atom. The summed E-state index contributed by atoms with van der Waals surface area (Å²) in [5, 5.41) is 0. The van der Waals surface area contributed by atoms with Gasteiger partial charge in [-0.05, 0) is 39.3 Å². The maximum Gasteiger partial charge on any atom is 0.0156 e. The van der Waals surface area contributed by atoms with Gasteiger partial charge >= 0.3 is 0 Å². The van der Waals surface area contributed by atoms with Gasteiger partial charge in [-0.3, -0.25) is 0 Å². The molecule has 0 aromatic carbocycles. The van der Waals surface area contributed by atoms with Crippen LogP contribution in [0.25, 0.3) is 0 Å². The zero-order valence-electron chi connectivity index (χ0n) is 9.34. The van der Waals surface area contributed by atoms with Crippen LogP contribution >= 0.6 is 0 Å². The molecule has 2 aliphatic rings. The van der Waals surface area contributed by atoms with E-state index in [2.05, 4.69) is 16.8 Å². The van der Waals surface area contributed by atoms with Gasteiger partial charge in [-0.1, -0.05) is 0 Å². The topological polar surface area (TPSA) is 32.5 Å². The summed E-state index contributed by atoms with van der Waals surface area (Å²) in [6, 6.07) is 0. The number of rotatable bonds is 4. The van der Waals surface area contributed by atoms with Crippen molar-refractivity contribution in [2.45, 2.75) is 31.2 Å². The van der Waals surface area contributed by atoms with Gasteiger partial charge in [0.1, 0.15) is 0 Å². The van der Waals surface area contributed by atoms with Crippen molar-refractivity contribution in [3.8, 4) is 0 Å². The Balaban J connectivity index is 1.57. The zero-order chi connectivity index (χ0) is 10.0. The highest BCUT2D eigenvalue weighted by Gasteiger charge is 2.37. The van der Waals surface area contributed by atoms with Gasteiger partial charge in [0.2, 0.25) is 0 Å². The van der Waals surface area contributed by atoms with Gasteiger partial charge in [0.05, 0.1) is 0 Å². The third-order valence-corrected chi connectivity index (χ3v) is 3.64. The molecule has 0 amide bonds. The maximum absolute atomic E-state index is 6.06. The van der Waals surface area contributed by atoms with E-state index in [1.165, 1.54) is 58.4 Å². The fourth-order valence-electron chi connectivity index (χ4n) is 2.14. The lowest BCUT2D eigenvalue weighted by atomic mass is 10.1. The molecule has 1 aliphatic carbocycles. The maximum atomic E-state index is 6.06. The standard InChI is InChI=1S/C11H23N3/c1-13-7-9-14(10-8-13)6-2-3-11(12)4-5-11/h2-10,12H2,1H3. The quantitative estimate of drug-likeness (QED) is 0.712. The summed E-state index contributed by atoms with van der Waals surface area (Å²) in [5.41, 5.74) is 6.31. The Kier molecular flexibility index (Phi) is 3.10. The van der Waals surface area contributed by atoms with Crippen molar-refractivity contribution in [2.24, 2.45) is 5.73 Å². The zero-order valence-corrected chi connectivity index (χ0v) is 9.34. The van der Waals surface area contributed by atoms with E-state index in [-0.39, 0.29) is 5.54 Å². The van der Waals surface area contributed by atoms with Gasteiger partial charge in [0.25, 0.3) is 0 Å². The summed E-state index contributed by atoms with van der Waals surface area (Å²) in [7, 11) is 2.20. The van der Waals surface area contributed by atoms with Crippen molar-refractivity contribution in [3.63, 3.8) is 0 Å². The Bertz CT molecular complexity index is 181. The highest BCUT2D eigenvalue weighted by atomic mass is 15.2. The van der Waals surface area contributed by atoms with Gasteiger partial charge < -0.3 is 15.5 Å². The minimum atomic E-state index is 0.257. The molecule has 1 heterocycles. The molecule has 0 unspecified atom stereocenters. The minimum Gasteiger partial charge on any atom is -0.325 e. The largest absolute Gasteiger partial charge is 0.325 e. The van der Waals surface area contributed by atoms with Gasteiger partial charge in [0, 0.05) is 31.7 Å². The van der Waals surface area contributed by atoms with Crippen LogP contribution in [0.3, 0.4) is 0 Å². The van der Waals surface area contributed by atoms with Crippen LogP contribution in [0, 0.1) is 0 Å². The molecule has 1 aliphatic heterocycles. The average molecular weight is 197 g/mol. The molecule has 0 aromatic heterocycles. The van der Waals surface area contributed by atoms with Crippen LogP contribution in [-0.2, 0) is 0 Å². The molecule has 0 spiro atoms. The third kappa shape index (κ3) is 2.94. The minimum absolute atomic E-state index is 0.257. The van der Waals surface area contributed by atoms with E-state index in [4.69, 9.17) is 5.73 Å². The Morgan fingerprint density at radius 3 is 2.36 bits per heavy atom. The van der Waals surface area contributed by atoms with Crippen LogP contribution in [0.15, 0.2) is 0 Å². The SMILES string of the molecule is CN1CCN(CCCC2(N)CC2)CC1. The van der Waals surface area contributed by atoms with Crippen molar-refractivity contribution < 1.29 is 0 Å². The van der Waals surface area contributed by atoms with E-state index < -0.39 is 0 Å². The molecule has 0 atom stereocenters. The second-order valence-electron chi connectivity index (χ2n) is 5.11. The first-order chi connectivity index (χ1) is 6.68. The molecule has 2 fully saturated rings. The molecule has 0 bridgehead atoms. The molecule has 14 heavy (non-hydrogen) atoms. The first-order valence-corrected chi connectivity index (χ1v) is 5.88. The molecule has 3 heteroatoms. The van der Waals surface area contributed by atoms with Gasteiger partial charge in [0.15, 0.2) is 0 Å². The summed E-state index contributed by atoms with van der Waals surface area (Å²) in [4.78, 5) is 4.98. The van der Waals surface area contributed by atoms with Gasteiger partial charge in [-0.25, -0.2) is 0 Å². The number of hydrogen-bond donors (Lipinski definition) is 1. The van der Waals surface area contributed by atoms with Crippen LogP contribution < -0.4 is 5.73 Å². The van der Waals surface area contributed by atoms with Crippen LogP contribution in [0.2, 0.25) is 0 Å². The van der Waals surface area contributed by atoms with E-state index in [0.29, 0.717) is 0 Å². The number of nitrogens with two attached hydrogens (primary N) is 1. The predicted octanol–water partition coefficient (Wildman–Crippen LogP) is 0.505. The summed E-state index contributed by atoms with van der Waals surface area (Å²) in [5.74, 6) is 0. The molecule has 2 N–H and O–H groups in total. The second kappa shape index (κ2) is 4.17. The lowest BCUT2D eigenvalue weighted by molar-refractivity contribution is 0.151. The second-order valence-corrected chi connectivity index (χ2v) is 5.11. The summed E-state index contributed by atoms with van der Waals surface area (Å²) < 4.78 is 0. The lowest BCUT2D eigenvalue weighted by Gasteiger charge is -2.32. The Labute approximate surface area is 87.2 Å². The Morgan fingerprint density at radius 2 is 1.79 bits per heavy atom. The van der Waals surface area contributed by atoms with Crippen molar-refractivity contribution in [3.05, 3.63) is 0 Å². The van der Waals surface area contributed by atoms with E-state index in [1.54, 1.807) is 0 Å². The molecular formula is C11H23N3. The molecule has 1 saturated carbocycles. The number of piperazine rings is 1. The molecular weight excluding hydrogens is 174 g/mol. The lowest BCUT2D eigenvalue weighted by Crippen LogP contribution is -2.44. The fraction of sp³-hybridized carbons (Fsp3) is 1.00. The van der Waals surface area contributed by atoms with Crippen LogP contribution in [0.1, 0.15) is 25.7 Å². The van der Waals surface area contributed by atoms with E-state index in [1.807, 2.05) is 0 Å². The number of nitrogens with zero attached hydrogens (tertiary/aromatic N) is 2. The molecule has 0 radical (unpaired) electrons. The van der Waals surface area contributed by atoms with Crippen molar-refractivity contribution in [2.75, 3.05) is 39.8 Å². The highest BCUT2D eigenvalue weighted by Crippen LogP contribution is 2.36. The van der Waals surface area contributed by atoms with E-state index in [0.717, 1.165) is 0 Å². The Hall–Kier alpha value is -0.120. The smallest absolute Gasteiger partial charge is 0.0156 e. The average Bonchev–Trinajstić information content (AvgIpc) is 2.88. The highest BCUT2D eigenvalue weighted by molar-refractivity contribution is 4.98. The van der Waals surface area contributed by atoms with Gasteiger partial charge in [-0.15, -0.1) is 0 Å². The van der Waals surface area contributed by atoms with E-state index >= 15 is 0 Å². The summed E-state index contributed by atoms with van der Waals surface area (Å²) >= 11 is 0. The van der Waals surface area contributed by atoms with Crippen molar-refractivity contribution >= 4 is 0 Å². The van der Waals surface area contributed by atoms with Crippen molar-refractivity contribution in [1.29, 1.82) is 0 Å². The molecule has 0 aromatic rings. The third-order valence-electron chi connectivity index (χ3n) is 3.64. The normalized spacial score (nSPS) is 27.9. The summed E-state index contributed by atoms with van der Waals surface area (Å²) in [6.45, 7) is 6.20. The molecule has 2 rings (SSSR count). The predicted molar refractivity (Wildman–Crippen MR) is 59.3 cm³/mol. The first kappa shape index (κ1) is 10.4. The van der Waals surface area contributed by atoms with Crippen LogP contribution in [0.5, 0.6) is 0 Å². The number of hydrogen-bond acceptors (Lipinski definition) is 3. The molecule has 3 nitrogen and oxygen atoms in total. The van der Waals surface area contributed by atoms with Gasteiger partial charge in [-0.2, -0.15) is 0 Å². The first-order valence-electron chi connectivity index (χ1n) is 5.88. The fourth-order valence-corrected chi connectivity index (χ4v) is 2.14. The molecule has 82 valence electrons. The monoisotopic (exact) mass is 197 g/mol. The number of likely N-dealkylation sites (N-methyl/N-ethyl adjacent to an activating group) is 1. The molecule has 1 saturated heterocycles. The van der Waals surface area contributed by atoms with Crippen LogP contribution in [-0.4, -0.2) is 55.1 Å². The summed E-state index contributed by atoms with van der Waals surface area (Å²) in [6.07, 6.45) is 5.05. The van der Waals surface area contributed by atoms with E-state index in [9.17, 15) is 0 Å². The van der Waals surface area contributed by atoms with Crippen LogP contribution in [0.4, 0.5) is 0 Å². The van der Waals surface area contributed by atoms with Crippen molar-refractivity contribution in [1.82, 2.24) is 9.80 Å².